The van der Waals surface area contributed by atoms with Crippen molar-refractivity contribution in [3.63, 3.8) is 0 Å². The summed E-state index contributed by atoms with van der Waals surface area (Å²) >= 11 is 6.26. The van der Waals surface area contributed by atoms with E-state index in [1.54, 1.807) is 0 Å². The quantitative estimate of drug-likeness (QED) is 0.374. The Balaban J connectivity index is 3.05. The van der Waals surface area contributed by atoms with Crippen LogP contribution in [-0.4, -0.2) is 10.6 Å². The summed E-state index contributed by atoms with van der Waals surface area (Å²) in [6.07, 6.45) is 0. The van der Waals surface area contributed by atoms with Crippen LogP contribution in [0, 0.1) is 0 Å². The lowest BCUT2D eigenvalue weighted by atomic mass is 10.6. The molecule has 0 spiro atoms. The molecule has 0 aromatic carbocycles. The Morgan fingerprint density at radius 2 is 2.25 bits per heavy atom. The van der Waals surface area contributed by atoms with E-state index in [2.05, 4.69) is 4.72 Å². The van der Waals surface area contributed by atoms with Crippen molar-refractivity contribution in [3.05, 3.63) is 0 Å². The highest BCUT2D eigenvalue weighted by Crippen LogP contribution is 2.03. The molecule has 2 nitrogen and oxygen atoms in total. The van der Waals surface area contributed by atoms with Crippen LogP contribution >= 0.6 is 23.5 Å². The smallest absolute Gasteiger partial charge is 0.286 e. The van der Waals surface area contributed by atoms with Crippen molar-refractivity contribution in [3.8, 4) is 0 Å². The molecule has 0 unspecified atom stereocenters. The molecule has 4 heteroatoms. The van der Waals surface area contributed by atoms with Crippen LogP contribution in [0.15, 0.2) is 0 Å². The first-order valence-electron chi connectivity index (χ1n) is 2.24. The molecule has 0 saturated heterocycles. The van der Waals surface area contributed by atoms with Crippen molar-refractivity contribution in [1.29, 1.82) is 0 Å². The molecule has 0 bridgehead atoms. The van der Waals surface area contributed by atoms with Crippen LogP contribution in [-0.2, 0) is 0 Å². The molecule has 0 fully saturated rings. The average molecular weight is 154 g/mol. The fourth-order valence-electron chi connectivity index (χ4n) is 0.164. The lowest BCUT2D eigenvalue weighted by Crippen LogP contribution is -2.09. The van der Waals surface area contributed by atoms with Gasteiger partial charge in [-0.3, -0.25) is 9.52 Å². The number of hydrogen-bond donors (Lipinski definition) is 1. The number of nitrogens with one attached hydrogen (secondary N) is 1. The van der Waals surface area contributed by atoms with Gasteiger partial charge in [-0.25, -0.2) is 0 Å². The summed E-state index contributed by atoms with van der Waals surface area (Å²) in [4.78, 5) is 9.98. The van der Waals surface area contributed by atoms with Gasteiger partial charge in [0.1, 0.15) is 0 Å². The number of carbonyl (C=O) groups is 1. The predicted octanol–water partition coefficient (Wildman–Crippen LogP) is 1.99. The zero-order valence-corrected chi connectivity index (χ0v) is 6.34. The largest absolute Gasteiger partial charge is 0.323 e. The summed E-state index contributed by atoms with van der Waals surface area (Å²) in [5.41, 5.74) is 0. The Kier molecular flexibility index (Phi) is 4.09. The Morgan fingerprint density at radius 3 is 2.38 bits per heavy atom. The first-order valence-corrected chi connectivity index (χ1v) is 3.50. The van der Waals surface area contributed by atoms with Gasteiger partial charge in [-0.2, -0.15) is 0 Å². The van der Waals surface area contributed by atoms with Crippen LogP contribution < -0.4 is 4.72 Å². The molecule has 1 N–H and O–H groups in total. The van der Waals surface area contributed by atoms with Crippen LogP contribution in [0.25, 0.3) is 0 Å². The fraction of sp³-hybridized carbons (Fsp3) is 0.750. The first-order chi connectivity index (χ1) is 3.63. The predicted molar refractivity (Wildman–Crippen MR) is 37.1 cm³/mol. The van der Waals surface area contributed by atoms with E-state index in [1.807, 2.05) is 13.8 Å². The highest BCUT2D eigenvalue weighted by atomic mass is 35.5. The van der Waals surface area contributed by atoms with Crippen LogP contribution in [0.4, 0.5) is 4.79 Å². The number of carbonyl (C=O) groups excluding carboxylic acids is 1. The SMILES string of the molecule is CC(C)SNC(=O)Cl. The Bertz CT molecular complexity index is 86.1. The van der Waals surface area contributed by atoms with Crippen LogP contribution in [0.2, 0.25) is 0 Å². The standard InChI is InChI=1S/C4H8ClNOS/c1-3(2)8-6-4(5)7/h3H,1-2H3,(H,6,7). The van der Waals surface area contributed by atoms with Gasteiger partial charge in [0.05, 0.1) is 0 Å². The van der Waals surface area contributed by atoms with Gasteiger partial charge in [-0.1, -0.05) is 13.8 Å². The lowest BCUT2D eigenvalue weighted by molar-refractivity contribution is 0.264. The van der Waals surface area contributed by atoms with Gasteiger partial charge in [0.25, 0.3) is 0 Å². The summed E-state index contributed by atoms with van der Waals surface area (Å²) in [6.45, 7) is 3.94. The molecule has 0 aromatic heterocycles. The molecule has 0 radical (unpaired) electrons. The third-order valence-electron chi connectivity index (χ3n) is 0.375. The number of hydrogen-bond acceptors (Lipinski definition) is 2. The highest BCUT2D eigenvalue weighted by Gasteiger charge is 1.95. The van der Waals surface area contributed by atoms with Crippen LogP contribution in [0.3, 0.4) is 0 Å². The second-order valence-corrected chi connectivity index (χ2v) is 3.27. The van der Waals surface area contributed by atoms with E-state index >= 15 is 0 Å². The Labute approximate surface area is 58.1 Å². The molecule has 0 atom stereocenters. The monoisotopic (exact) mass is 153 g/mol. The molecule has 0 rings (SSSR count). The van der Waals surface area contributed by atoms with Crippen molar-refractivity contribution < 1.29 is 4.79 Å². The second kappa shape index (κ2) is 4.04. The van der Waals surface area contributed by atoms with Crippen molar-refractivity contribution in [2.24, 2.45) is 0 Å². The highest BCUT2D eigenvalue weighted by molar-refractivity contribution is 7.98. The molecule has 0 aromatic rings. The summed E-state index contributed by atoms with van der Waals surface area (Å²) in [6, 6.07) is 0. The van der Waals surface area contributed by atoms with E-state index in [-0.39, 0.29) is 0 Å². The van der Waals surface area contributed by atoms with Crippen molar-refractivity contribution in [2.45, 2.75) is 19.1 Å². The van der Waals surface area contributed by atoms with Gasteiger partial charge in [0.2, 0.25) is 0 Å². The minimum atomic E-state index is -0.510. The van der Waals surface area contributed by atoms with E-state index in [0.29, 0.717) is 5.25 Å². The molecule has 8 heavy (non-hydrogen) atoms. The third kappa shape index (κ3) is 6.11. The molecule has 0 aliphatic carbocycles. The lowest BCUT2D eigenvalue weighted by Gasteiger charge is -2.00. The van der Waals surface area contributed by atoms with Crippen molar-refractivity contribution in [2.75, 3.05) is 0 Å². The van der Waals surface area contributed by atoms with Gasteiger partial charge in [-0.05, 0) is 23.5 Å². The van der Waals surface area contributed by atoms with Crippen LogP contribution in [0.1, 0.15) is 13.8 Å². The van der Waals surface area contributed by atoms with Gasteiger partial charge in [0, 0.05) is 5.25 Å². The van der Waals surface area contributed by atoms with E-state index in [0.717, 1.165) is 0 Å². The van der Waals surface area contributed by atoms with E-state index in [4.69, 9.17) is 11.6 Å². The molecular weight excluding hydrogens is 146 g/mol. The number of amides is 1. The minimum absolute atomic E-state index is 0.387. The average Bonchev–Trinajstić information content (AvgIpc) is 1.61. The topological polar surface area (TPSA) is 29.1 Å². The van der Waals surface area contributed by atoms with Gasteiger partial charge < -0.3 is 0 Å². The summed E-state index contributed by atoms with van der Waals surface area (Å²) in [7, 11) is 0. The molecule has 0 aliphatic heterocycles. The normalized spacial score (nSPS) is 9.50. The first kappa shape index (κ1) is 8.11. The molecule has 48 valence electrons. The van der Waals surface area contributed by atoms with Crippen LogP contribution in [0.5, 0.6) is 0 Å². The zero-order valence-electron chi connectivity index (χ0n) is 4.77. The molecule has 0 saturated carbocycles. The second-order valence-electron chi connectivity index (χ2n) is 1.54. The Hall–Kier alpha value is 0.110. The van der Waals surface area contributed by atoms with Crippen molar-refractivity contribution in [1.82, 2.24) is 4.72 Å². The maximum Gasteiger partial charge on any atom is 0.323 e. The summed E-state index contributed by atoms with van der Waals surface area (Å²) in [5, 5.41) is -0.124. The number of rotatable bonds is 2. The maximum absolute atomic E-state index is 9.98. The third-order valence-corrected chi connectivity index (χ3v) is 1.36. The summed E-state index contributed by atoms with van der Waals surface area (Å²) < 4.78 is 2.39. The van der Waals surface area contributed by atoms with Crippen molar-refractivity contribution >= 4 is 28.9 Å². The summed E-state index contributed by atoms with van der Waals surface area (Å²) in [5.74, 6) is 0. The number of halogens is 1. The van der Waals surface area contributed by atoms with E-state index < -0.39 is 5.37 Å². The van der Waals surface area contributed by atoms with Gasteiger partial charge >= 0.3 is 5.37 Å². The maximum atomic E-state index is 9.98. The Morgan fingerprint density at radius 1 is 1.75 bits per heavy atom. The van der Waals surface area contributed by atoms with E-state index in [9.17, 15) is 4.79 Å². The minimum Gasteiger partial charge on any atom is -0.286 e. The molecule has 0 heterocycles. The zero-order chi connectivity index (χ0) is 6.57. The fourth-order valence-corrected chi connectivity index (χ4v) is 0.626. The molecule has 0 aliphatic rings. The van der Waals surface area contributed by atoms with E-state index in [1.165, 1.54) is 11.9 Å². The van der Waals surface area contributed by atoms with Gasteiger partial charge in [0.15, 0.2) is 0 Å². The molecule has 1 amide bonds. The molecular formula is C4H8ClNOS. The van der Waals surface area contributed by atoms with Gasteiger partial charge in [-0.15, -0.1) is 0 Å².